The van der Waals surface area contributed by atoms with Gasteiger partial charge in [-0.2, -0.15) is 0 Å². The molecular weight excluding hydrogens is 206 g/mol. The highest BCUT2D eigenvalue weighted by atomic mass is 16.2. The van der Waals surface area contributed by atoms with Gasteiger partial charge in [-0.05, 0) is 18.4 Å². The molecule has 1 aliphatic rings. The summed E-state index contributed by atoms with van der Waals surface area (Å²) in [6, 6.07) is 1.02. The lowest BCUT2D eigenvalue weighted by atomic mass is 10.1. The predicted octanol–water partition coefficient (Wildman–Crippen LogP) is -0.378. The van der Waals surface area contributed by atoms with Crippen molar-refractivity contribution in [2.24, 2.45) is 12.8 Å². The zero-order valence-electron chi connectivity index (χ0n) is 9.43. The SMILES string of the molecule is CN1C(=O)[C@H](N)CCc2cn(C)c(=O)cc21. The fourth-order valence-electron chi connectivity index (χ4n) is 1.98. The van der Waals surface area contributed by atoms with Crippen molar-refractivity contribution < 1.29 is 4.79 Å². The van der Waals surface area contributed by atoms with Gasteiger partial charge in [-0.25, -0.2) is 0 Å². The van der Waals surface area contributed by atoms with Crippen molar-refractivity contribution in [2.75, 3.05) is 11.9 Å². The molecule has 5 nitrogen and oxygen atoms in total. The van der Waals surface area contributed by atoms with Crippen LogP contribution in [0, 0.1) is 0 Å². The standard InChI is InChI=1S/C11H15N3O2/c1-13-6-7-3-4-8(12)11(16)14(2)9(7)5-10(13)15/h5-6,8H,3-4,12H2,1-2H3/t8-/m1/s1. The Kier molecular flexibility index (Phi) is 2.55. The number of fused-ring (bicyclic) bond motifs is 1. The molecule has 1 atom stereocenters. The van der Waals surface area contributed by atoms with Crippen LogP contribution in [0.2, 0.25) is 0 Å². The first kappa shape index (κ1) is 10.9. The summed E-state index contributed by atoms with van der Waals surface area (Å²) < 4.78 is 1.52. The average Bonchev–Trinajstić information content (AvgIpc) is 2.35. The van der Waals surface area contributed by atoms with Crippen molar-refractivity contribution in [2.45, 2.75) is 18.9 Å². The predicted molar refractivity (Wildman–Crippen MR) is 61.4 cm³/mol. The summed E-state index contributed by atoms with van der Waals surface area (Å²) in [6.45, 7) is 0. The molecule has 0 aliphatic carbocycles. The van der Waals surface area contributed by atoms with Gasteiger partial charge in [0.05, 0.1) is 11.7 Å². The molecule has 0 aromatic carbocycles. The highest BCUT2D eigenvalue weighted by Crippen LogP contribution is 2.23. The Labute approximate surface area is 93.5 Å². The maximum absolute atomic E-state index is 11.8. The Balaban J connectivity index is 2.57. The zero-order chi connectivity index (χ0) is 11.9. The fraction of sp³-hybridized carbons (Fsp3) is 0.455. The van der Waals surface area contributed by atoms with Gasteiger partial charge in [0.25, 0.3) is 5.56 Å². The van der Waals surface area contributed by atoms with Crippen LogP contribution in [0.15, 0.2) is 17.1 Å². The third-order valence-electron chi connectivity index (χ3n) is 3.02. The Morgan fingerprint density at radius 3 is 2.75 bits per heavy atom. The summed E-state index contributed by atoms with van der Waals surface area (Å²) in [5, 5.41) is 0. The Hall–Kier alpha value is -1.62. The molecule has 0 saturated carbocycles. The average molecular weight is 221 g/mol. The van der Waals surface area contributed by atoms with Crippen molar-refractivity contribution in [1.82, 2.24) is 4.57 Å². The molecule has 0 bridgehead atoms. The lowest BCUT2D eigenvalue weighted by molar-refractivity contribution is -0.119. The summed E-state index contributed by atoms with van der Waals surface area (Å²) in [4.78, 5) is 24.8. The fourth-order valence-corrected chi connectivity index (χ4v) is 1.98. The van der Waals surface area contributed by atoms with Crippen molar-refractivity contribution in [1.29, 1.82) is 0 Å². The van der Waals surface area contributed by atoms with E-state index in [0.29, 0.717) is 12.1 Å². The molecule has 0 spiro atoms. The van der Waals surface area contributed by atoms with E-state index in [1.807, 2.05) is 0 Å². The van der Waals surface area contributed by atoms with Crippen LogP contribution >= 0.6 is 0 Å². The van der Waals surface area contributed by atoms with Gasteiger partial charge in [0.15, 0.2) is 0 Å². The summed E-state index contributed by atoms with van der Waals surface area (Å²) in [5.41, 5.74) is 7.30. The minimum absolute atomic E-state index is 0.117. The lowest BCUT2D eigenvalue weighted by Crippen LogP contribution is -2.40. The smallest absolute Gasteiger partial charge is 0.252 e. The highest BCUT2D eigenvalue weighted by molar-refractivity contribution is 5.97. The van der Waals surface area contributed by atoms with E-state index >= 15 is 0 Å². The van der Waals surface area contributed by atoms with Gasteiger partial charge >= 0.3 is 0 Å². The third-order valence-corrected chi connectivity index (χ3v) is 3.02. The quantitative estimate of drug-likeness (QED) is 0.649. The number of carbonyl (C=O) groups excluding carboxylic acids is 1. The molecule has 1 aromatic heterocycles. The molecule has 0 unspecified atom stereocenters. The first-order valence-corrected chi connectivity index (χ1v) is 5.23. The van der Waals surface area contributed by atoms with Crippen LogP contribution in [0.3, 0.4) is 0 Å². The number of rotatable bonds is 0. The van der Waals surface area contributed by atoms with Gasteiger partial charge in [-0.15, -0.1) is 0 Å². The second-order valence-electron chi connectivity index (χ2n) is 4.18. The van der Waals surface area contributed by atoms with Crippen LogP contribution in [0.1, 0.15) is 12.0 Å². The van der Waals surface area contributed by atoms with Crippen molar-refractivity contribution in [3.05, 3.63) is 28.2 Å². The Morgan fingerprint density at radius 1 is 1.38 bits per heavy atom. The second kappa shape index (κ2) is 3.75. The van der Waals surface area contributed by atoms with E-state index in [2.05, 4.69) is 0 Å². The number of hydrogen-bond donors (Lipinski definition) is 1. The molecular formula is C11H15N3O2. The number of anilines is 1. The molecule has 1 aliphatic heterocycles. The van der Waals surface area contributed by atoms with Gasteiger partial charge in [-0.3, -0.25) is 9.59 Å². The number of carbonyl (C=O) groups is 1. The normalized spacial score (nSPS) is 20.6. The van der Waals surface area contributed by atoms with E-state index in [0.717, 1.165) is 12.0 Å². The molecule has 1 amide bonds. The lowest BCUT2D eigenvalue weighted by Gasteiger charge is -2.19. The highest BCUT2D eigenvalue weighted by Gasteiger charge is 2.25. The monoisotopic (exact) mass is 221 g/mol. The van der Waals surface area contributed by atoms with Crippen LogP contribution < -0.4 is 16.2 Å². The van der Waals surface area contributed by atoms with Crippen LogP contribution in [-0.4, -0.2) is 23.6 Å². The Bertz CT molecular complexity index is 492. The molecule has 2 rings (SSSR count). The minimum Gasteiger partial charge on any atom is -0.320 e. The molecule has 86 valence electrons. The number of hydrogen-bond acceptors (Lipinski definition) is 3. The Morgan fingerprint density at radius 2 is 2.06 bits per heavy atom. The van der Waals surface area contributed by atoms with Crippen molar-refractivity contribution >= 4 is 11.6 Å². The number of amides is 1. The van der Waals surface area contributed by atoms with Gasteiger partial charge in [-0.1, -0.05) is 0 Å². The van der Waals surface area contributed by atoms with Gasteiger partial charge < -0.3 is 15.2 Å². The maximum Gasteiger partial charge on any atom is 0.252 e. The van der Waals surface area contributed by atoms with Crippen molar-refractivity contribution in [3.63, 3.8) is 0 Å². The summed E-state index contributed by atoms with van der Waals surface area (Å²) in [6.07, 6.45) is 3.12. The van der Waals surface area contributed by atoms with E-state index in [-0.39, 0.29) is 11.5 Å². The number of nitrogens with zero attached hydrogens (tertiary/aromatic N) is 2. The molecule has 16 heavy (non-hydrogen) atoms. The van der Waals surface area contributed by atoms with Crippen LogP contribution in [0.25, 0.3) is 0 Å². The van der Waals surface area contributed by atoms with Crippen LogP contribution in [0.4, 0.5) is 5.69 Å². The van der Waals surface area contributed by atoms with Crippen LogP contribution in [0.5, 0.6) is 0 Å². The first-order valence-electron chi connectivity index (χ1n) is 5.23. The number of likely N-dealkylation sites (N-methyl/N-ethyl adjacent to an activating group) is 1. The number of nitrogens with two attached hydrogens (primary N) is 1. The van der Waals surface area contributed by atoms with E-state index in [1.54, 1.807) is 20.3 Å². The van der Waals surface area contributed by atoms with Gasteiger partial charge in [0.1, 0.15) is 0 Å². The van der Waals surface area contributed by atoms with Crippen molar-refractivity contribution in [3.8, 4) is 0 Å². The summed E-state index contributed by atoms with van der Waals surface area (Å²) in [7, 11) is 3.36. The molecule has 1 aromatic rings. The largest absolute Gasteiger partial charge is 0.320 e. The second-order valence-corrected chi connectivity index (χ2v) is 4.18. The zero-order valence-corrected chi connectivity index (χ0v) is 9.43. The van der Waals surface area contributed by atoms with E-state index in [9.17, 15) is 9.59 Å². The molecule has 0 radical (unpaired) electrons. The van der Waals surface area contributed by atoms with Crippen LogP contribution in [-0.2, 0) is 18.3 Å². The number of aryl methyl sites for hydroxylation is 2. The topological polar surface area (TPSA) is 68.3 Å². The van der Waals surface area contributed by atoms with Gasteiger partial charge in [0, 0.05) is 26.4 Å². The van der Waals surface area contributed by atoms with E-state index in [1.165, 1.54) is 15.5 Å². The van der Waals surface area contributed by atoms with Gasteiger partial charge in [0.2, 0.25) is 5.91 Å². The summed E-state index contributed by atoms with van der Waals surface area (Å²) >= 11 is 0. The minimum atomic E-state index is -0.474. The first-order chi connectivity index (χ1) is 7.50. The molecule has 5 heteroatoms. The maximum atomic E-state index is 11.8. The number of aromatic nitrogens is 1. The number of pyridine rings is 1. The third kappa shape index (κ3) is 1.63. The molecule has 2 N–H and O–H groups in total. The molecule has 0 fully saturated rings. The molecule has 0 saturated heterocycles. The molecule has 2 heterocycles. The van der Waals surface area contributed by atoms with E-state index in [4.69, 9.17) is 5.73 Å². The summed E-state index contributed by atoms with van der Waals surface area (Å²) in [5.74, 6) is -0.132. The van der Waals surface area contributed by atoms with E-state index < -0.39 is 6.04 Å².